The van der Waals surface area contributed by atoms with Gasteiger partial charge in [0.1, 0.15) is 5.17 Å². The molecule has 1 saturated carbocycles. The van der Waals surface area contributed by atoms with E-state index in [9.17, 15) is 10.1 Å². The first-order valence-electron chi connectivity index (χ1n) is 4.66. The first-order chi connectivity index (χ1) is 7.16. The Morgan fingerprint density at radius 2 is 2.40 bits per heavy atom. The van der Waals surface area contributed by atoms with Gasteiger partial charge in [-0.2, -0.15) is 0 Å². The van der Waals surface area contributed by atoms with Crippen LogP contribution < -0.4 is 0 Å². The Bertz CT molecular complexity index is 327. The highest BCUT2D eigenvalue weighted by molar-refractivity contribution is 6.68. The zero-order chi connectivity index (χ0) is 10.8. The molecule has 0 spiro atoms. The van der Waals surface area contributed by atoms with Crippen LogP contribution in [0.25, 0.3) is 0 Å². The van der Waals surface area contributed by atoms with Gasteiger partial charge < -0.3 is 4.74 Å². The quantitative estimate of drug-likeness (QED) is 0.545. The Hall–Kier alpha value is -1.14. The van der Waals surface area contributed by atoms with Crippen LogP contribution in [-0.4, -0.2) is 27.7 Å². The Balaban J connectivity index is 2.03. The van der Waals surface area contributed by atoms with Gasteiger partial charge >= 0.3 is 0 Å². The summed E-state index contributed by atoms with van der Waals surface area (Å²) in [5, 5.41) is 11.1. The van der Waals surface area contributed by atoms with Crippen LogP contribution in [0.4, 0.5) is 0 Å². The van der Waals surface area contributed by atoms with E-state index in [0.29, 0.717) is 0 Å². The number of hydrazine groups is 1. The van der Waals surface area contributed by atoms with Crippen LogP contribution >= 0.6 is 11.6 Å². The smallest absolute Gasteiger partial charge is 0.289 e. The van der Waals surface area contributed by atoms with Gasteiger partial charge in [0.05, 0.1) is 12.3 Å². The van der Waals surface area contributed by atoms with Crippen molar-refractivity contribution >= 4 is 16.8 Å². The van der Waals surface area contributed by atoms with Gasteiger partial charge in [-0.3, -0.25) is 0 Å². The Kier molecular flexibility index (Phi) is 2.88. The van der Waals surface area contributed by atoms with Crippen LogP contribution in [-0.2, 0) is 4.74 Å². The summed E-state index contributed by atoms with van der Waals surface area (Å²) < 4.78 is 5.43. The van der Waals surface area contributed by atoms with Crippen LogP contribution in [0.1, 0.15) is 19.3 Å². The van der Waals surface area contributed by atoms with E-state index in [1.807, 2.05) is 0 Å². The number of nitro groups is 1. The molecule has 1 aliphatic heterocycles. The summed E-state index contributed by atoms with van der Waals surface area (Å²) in [6.07, 6.45) is 4.73. The minimum atomic E-state index is -0.928. The molecule has 6 nitrogen and oxygen atoms in total. The summed E-state index contributed by atoms with van der Waals surface area (Å²) in [5.41, 5.74) is 0. The molecule has 1 unspecified atom stereocenters. The molecular formula is C8H10ClN3O3. The van der Waals surface area contributed by atoms with Gasteiger partial charge in [0, 0.05) is 0 Å². The topological polar surface area (TPSA) is 68.0 Å². The fourth-order valence-electron chi connectivity index (χ4n) is 1.33. The van der Waals surface area contributed by atoms with Crippen molar-refractivity contribution in [1.82, 2.24) is 5.01 Å². The maximum Gasteiger partial charge on any atom is 0.289 e. The molecule has 0 aromatic carbocycles. The van der Waals surface area contributed by atoms with Gasteiger partial charge in [0.25, 0.3) is 6.35 Å². The summed E-state index contributed by atoms with van der Waals surface area (Å²) in [7, 11) is 0. The lowest BCUT2D eigenvalue weighted by atomic mass is 9.96. The molecular weight excluding hydrogens is 222 g/mol. The van der Waals surface area contributed by atoms with Crippen LogP contribution in [0.5, 0.6) is 0 Å². The summed E-state index contributed by atoms with van der Waals surface area (Å²) in [6.45, 7) is 0. The molecule has 1 aliphatic carbocycles. The van der Waals surface area contributed by atoms with Crippen LogP contribution in [0.2, 0.25) is 0 Å². The van der Waals surface area contributed by atoms with E-state index in [2.05, 4.69) is 4.99 Å². The Morgan fingerprint density at radius 3 is 2.93 bits per heavy atom. The zero-order valence-electron chi connectivity index (χ0n) is 7.88. The van der Waals surface area contributed by atoms with E-state index in [4.69, 9.17) is 16.3 Å². The molecule has 7 heteroatoms. The summed E-state index contributed by atoms with van der Waals surface area (Å²) >= 11 is 5.66. The fourth-order valence-corrected chi connectivity index (χ4v) is 1.47. The highest BCUT2D eigenvalue weighted by Crippen LogP contribution is 2.25. The second-order valence-corrected chi connectivity index (χ2v) is 3.79. The molecule has 0 aromatic heterocycles. The lowest BCUT2D eigenvalue weighted by Crippen LogP contribution is -2.42. The second kappa shape index (κ2) is 4.16. The number of halogens is 1. The maximum atomic E-state index is 10.6. The lowest BCUT2D eigenvalue weighted by molar-refractivity contribution is -0.660. The van der Waals surface area contributed by atoms with Gasteiger partial charge in [-0.15, -0.1) is 0 Å². The number of aliphatic imine (C=N–C) groups is 1. The van der Waals surface area contributed by atoms with Crippen molar-refractivity contribution in [3.05, 3.63) is 22.4 Å². The van der Waals surface area contributed by atoms with Crippen LogP contribution in [0.3, 0.4) is 0 Å². The van der Waals surface area contributed by atoms with E-state index < -0.39 is 11.4 Å². The molecule has 0 N–H and O–H groups in total. The van der Waals surface area contributed by atoms with Gasteiger partial charge in [0.2, 0.25) is 0 Å². The van der Waals surface area contributed by atoms with E-state index >= 15 is 0 Å². The minimum absolute atomic E-state index is 0.0668. The predicted octanol–water partition coefficient (Wildman–Crippen LogP) is 1.50. The molecule has 2 aliphatic rings. The highest BCUT2D eigenvalue weighted by Gasteiger charge is 2.32. The monoisotopic (exact) mass is 231 g/mol. The lowest BCUT2D eigenvalue weighted by Gasteiger charge is -2.30. The SMILES string of the molecule is O=[N+]([O-])N1C=CC(Cl)=NC1OC1CCC1. The number of hydrogen-bond donors (Lipinski definition) is 0. The van der Waals surface area contributed by atoms with Crippen molar-refractivity contribution < 1.29 is 9.77 Å². The molecule has 0 radical (unpaired) electrons. The van der Waals surface area contributed by atoms with E-state index in [1.54, 1.807) is 0 Å². The normalized spacial score (nSPS) is 26.1. The molecule has 0 saturated heterocycles. The average Bonchev–Trinajstić information content (AvgIpc) is 2.11. The number of nitrogens with zero attached hydrogens (tertiary/aromatic N) is 3. The van der Waals surface area contributed by atoms with Gasteiger partial charge in [-0.1, -0.05) is 16.6 Å². The minimum Gasteiger partial charge on any atom is -0.332 e. The van der Waals surface area contributed by atoms with Crippen molar-refractivity contribution in [2.24, 2.45) is 4.99 Å². The molecule has 2 rings (SSSR count). The van der Waals surface area contributed by atoms with Crippen LogP contribution in [0, 0.1) is 10.1 Å². The molecule has 0 amide bonds. The molecule has 0 bridgehead atoms. The standard InChI is InChI=1S/C8H10ClN3O3/c9-7-4-5-11(12(13)14)8(10-7)15-6-2-1-3-6/h4-6,8H,1-3H2. The van der Waals surface area contributed by atoms with Crippen molar-refractivity contribution in [2.75, 3.05) is 0 Å². The summed E-state index contributed by atoms with van der Waals surface area (Å²) in [4.78, 5) is 14.5. The molecule has 82 valence electrons. The third-order valence-electron chi connectivity index (χ3n) is 2.38. The van der Waals surface area contributed by atoms with Gasteiger partial charge in [0.15, 0.2) is 5.03 Å². The Morgan fingerprint density at radius 1 is 1.67 bits per heavy atom. The van der Waals surface area contributed by atoms with E-state index in [-0.39, 0.29) is 11.3 Å². The first kappa shape index (κ1) is 10.4. The second-order valence-electron chi connectivity index (χ2n) is 3.40. The molecule has 15 heavy (non-hydrogen) atoms. The van der Waals surface area contributed by atoms with Crippen molar-refractivity contribution in [2.45, 2.75) is 31.7 Å². The van der Waals surface area contributed by atoms with E-state index in [0.717, 1.165) is 24.3 Å². The first-order valence-corrected chi connectivity index (χ1v) is 5.04. The summed E-state index contributed by atoms with van der Waals surface area (Å²) in [5.74, 6) is 0. The Labute approximate surface area is 91.3 Å². The number of hydrogen-bond acceptors (Lipinski definition) is 4. The van der Waals surface area contributed by atoms with Gasteiger partial charge in [-0.05, 0) is 25.3 Å². The van der Waals surface area contributed by atoms with E-state index in [1.165, 1.54) is 12.3 Å². The number of rotatable bonds is 3. The van der Waals surface area contributed by atoms with Crippen molar-refractivity contribution in [3.63, 3.8) is 0 Å². The average molecular weight is 232 g/mol. The molecule has 0 aromatic rings. The molecule has 1 fully saturated rings. The van der Waals surface area contributed by atoms with Crippen molar-refractivity contribution in [3.8, 4) is 0 Å². The largest absolute Gasteiger partial charge is 0.332 e. The fraction of sp³-hybridized carbons (Fsp3) is 0.625. The highest BCUT2D eigenvalue weighted by atomic mass is 35.5. The maximum absolute atomic E-state index is 10.6. The zero-order valence-corrected chi connectivity index (χ0v) is 8.63. The predicted molar refractivity (Wildman–Crippen MR) is 53.8 cm³/mol. The van der Waals surface area contributed by atoms with Crippen LogP contribution in [0.15, 0.2) is 17.3 Å². The molecule has 1 heterocycles. The number of ether oxygens (including phenoxy) is 1. The summed E-state index contributed by atoms with van der Waals surface area (Å²) in [6, 6.07) is 0. The third kappa shape index (κ3) is 2.27. The molecule has 1 atom stereocenters. The number of allylic oxidation sites excluding steroid dienone is 1. The van der Waals surface area contributed by atoms with Crippen molar-refractivity contribution in [1.29, 1.82) is 0 Å². The van der Waals surface area contributed by atoms with Gasteiger partial charge in [-0.25, -0.2) is 15.1 Å². The third-order valence-corrected chi connectivity index (χ3v) is 2.60.